The molecule has 1 aliphatic heterocycles. The largest absolute Gasteiger partial charge is 0.367 e. The molecule has 0 atom stereocenters. The second-order valence-corrected chi connectivity index (χ2v) is 5.65. The standard InChI is InChI=1S/C15H23N3O/c1-3-19-15(7-5-4-6-8-15)14-17-11(2)12-9-16-10-13(12)18-14/h16H,3-10H2,1-2H3. The van der Waals surface area contributed by atoms with Gasteiger partial charge in [0.2, 0.25) is 0 Å². The van der Waals surface area contributed by atoms with Crippen LogP contribution >= 0.6 is 0 Å². The Bertz CT molecular complexity index is 461. The summed E-state index contributed by atoms with van der Waals surface area (Å²) in [4.78, 5) is 9.61. The first-order valence-electron chi connectivity index (χ1n) is 7.47. The zero-order valence-electron chi connectivity index (χ0n) is 12.0. The Hall–Kier alpha value is -1.00. The van der Waals surface area contributed by atoms with Crippen LogP contribution in [-0.4, -0.2) is 16.6 Å². The van der Waals surface area contributed by atoms with Crippen molar-refractivity contribution in [3.63, 3.8) is 0 Å². The third kappa shape index (κ3) is 2.28. The summed E-state index contributed by atoms with van der Waals surface area (Å²) in [5, 5.41) is 3.36. The summed E-state index contributed by atoms with van der Waals surface area (Å²) in [5.74, 6) is 0.925. The van der Waals surface area contributed by atoms with Crippen LogP contribution in [0, 0.1) is 6.92 Å². The van der Waals surface area contributed by atoms with Gasteiger partial charge in [-0.2, -0.15) is 0 Å². The van der Waals surface area contributed by atoms with E-state index in [0.29, 0.717) is 0 Å². The van der Waals surface area contributed by atoms with Crippen LogP contribution in [0.15, 0.2) is 0 Å². The minimum Gasteiger partial charge on any atom is -0.367 e. The molecule has 4 nitrogen and oxygen atoms in total. The van der Waals surface area contributed by atoms with Gasteiger partial charge < -0.3 is 10.1 Å². The van der Waals surface area contributed by atoms with Crippen LogP contribution in [0.4, 0.5) is 0 Å². The molecular formula is C15H23N3O. The van der Waals surface area contributed by atoms with E-state index in [1.54, 1.807) is 0 Å². The number of aryl methyl sites for hydroxylation is 1. The Labute approximate surface area is 115 Å². The lowest BCUT2D eigenvalue weighted by atomic mass is 9.83. The first kappa shape index (κ1) is 13.0. The van der Waals surface area contributed by atoms with E-state index in [2.05, 4.69) is 19.2 Å². The van der Waals surface area contributed by atoms with Crippen LogP contribution < -0.4 is 5.32 Å². The maximum Gasteiger partial charge on any atom is 0.160 e. The van der Waals surface area contributed by atoms with Gasteiger partial charge in [0, 0.05) is 31.0 Å². The molecule has 0 amide bonds. The fraction of sp³-hybridized carbons (Fsp3) is 0.733. The van der Waals surface area contributed by atoms with Crippen molar-refractivity contribution in [1.82, 2.24) is 15.3 Å². The maximum absolute atomic E-state index is 6.13. The van der Waals surface area contributed by atoms with E-state index >= 15 is 0 Å². The third-order valence-electron chi connectivity index (χ3n) is 4.38. The molecule has 1 fully saturated rings. The first-order valence-corrected chi connectivity index (χ1v) is 7.47. The van der Waals surface area contributed by atoms with Gasteiger partial charge in [-0.05, 0) is 26.7 Å². The number of aromatic nitrogens is 2. The molecule has 19 heavy (non-hydrogen) atoms. The third-order valence-corrected chi connectivity index (χ3v) is 4.38. The summed E-state index contributed by atoms with van der Waals surface area (Å²) >= 11 is 0. The summed E-state index contributed by atoms with van der Waals surface area (Å²) in [6.45, 7) is 6.67. The van der Waals surface area contributed by atoms with Gasteiger partial charge in [0.05, 0.1) is 5.69 Å². The van der Waals surface area contributed by atoms with Crippen molar-refractivity contribution in [2.45, 2.75) is 64.6 Å². The van der Waals surface area contributed by atoms with Crippen molar-refractivity contribution in [1.29, 1.82) is 0 Å². The summed E-state index contributed by atoms with van der Waals surface area (Å²) in [5.41, 5.74) is 3.35. The predicted octanol–water partition coefficient (Wildman–Crippen LogP) is 2.58. The molecule has 3 rings (SSSR count). The lowest BCUT2D eigenvalue weighted by molar-refractivity contribution is -0.0769. The van der Waals surface area contributed by atoms with E-state index in [4.69, 9.17) is 14.7 Å². The Morgan fingerprint density at radius 1 is 1.16 bits per heavy atom. The predicted molar refractivity (Wildman–Crippen MR) is 73.7 cm³/mol. The normalized spacial score (nSPS) is 21.4. The monoisotopic (exact) mass is 261 g/mol. The SMILES string of the molecule is CCOC1(c2nc(C)c3c(n2)CNC3)CCCCC1. The van der Waals surface area contributed by atoms with Crippen LogP contribution in [0.3, 0.4) is 0 Å². The van der Waals surface area contributed by atoms with Crippen LogP contribution in [0.1, 0.15) is 61.8 Å². The molecule has 4 heteroatoms. The van der Waals surface area contributed by atoms with Crippen molar-refractivity contribution >= 4 is 0 Å². The second kappa shape index (κ2) is 5.17. The number of ether oxygens (including phenoxy) is 1. The Balaban J connectivity index is 2.00. The van der Waals surface area contributed by atoms with Gasteiger partial charge in [0.25, 0.3) is 0 Å². The minimum absolute atomic E-state index is 0.227. The molecule has 0 aromatic carbocycles. The topological polar surface area (TPSA) is 47.0 Å². The van der Waals surface area contributed by atoms with Gasteiger partial charge >= 0.3 is 0 Å². The molecule has 2 heterocycles. The van der Waals surface area contributed by atoms with Crippen molar-refractivity contribution in [3.8, 4) is 0 Å². The van der Waals surface area contributed by atoms with E-state index in [-0.39, 0.29) is 5.60 Å². The number of nitrogens with zero attached hydrogens (tertiary/aromatic N) is 2. The van der Waals surface area contributed by atoms with E-state index in [0.717, 1.165) is 44.1 Å². The smallest absolute Gasteiger partial charge is 0.160 e. The fourth-order valence-corrected chi connectivity index (χ4v) is 3.37. The van der Waals surface area contributed by atoms with Crippen molar-refractivity contribution < 1.29 is 4.74 Å². The van der Waals surface area contributed by atoms with Crippen molar-refractivity contribution in [3.05, 3.63) is 22.8 Å². The Morgan fingerprint density at radius 2 is 1.95 bits per heavy atom. The molecule has 1 saturated carbocycles. The Morgan fingerprint density at radius 3 is 2.68 bits per heavy atom. The molecule has 1 aliphatic carbocycles. The molecule has 1 aromatic rings. The highest BCUT2D eigenvalue weighted by molar-refractivity contribution is 5.29. The average Bonchev–Trinajstić information content (AvgIpc) is 2.89. The number of hydrogen-bond donors (Lipinski definition) is 1. The molecule has 104 valence electrons. The van der Waals surface area contributed by atoms with E-state index in [1.165, 1.54) is 30.5 Å². The van der Waals surface area contributed by atoms with Crippen LogP contribution in [-0.2, 0) is 23.4 Å². The zero-order chi connectivity index (χ0) is 13.3. The molecule has 0 spiro atoms. The first-order chi connectivity index (χ1) is 9.25. The fourth-order valence-electron chi connectivity index (χ4n) is 3.37. The van der Waals surface area contributed by atoms with Gasteiger partial charge in [-0.3, -0.25) is 0 Å². The number of nitrogens with one attached hydrogen (secondary N) is 1. The van der Waals surface area contributed by atoms with Crippen LogP contribution in [0.25, 0.3) is 0 Å². The highest BCUT2D eigenvalue weighted by Crippen LogP contribution is 2.39. The lowest BCUT2D eigenvalue weighted by Crippen LogP contribution is -2.35. The highest BCUT2D eigenvalue weighted by atomic mass is 16.5. The molecule has 0 bridgehead atoms. The molecular weight excluding hydrogens is 238 g/mol. The number of rotatable bonds is 3. The van der Waals surface area contributed by atoms with Gasteiger partial charge in [-0.25, -0.2) is 9.97 Å². The van der Waals surface area contributed by atoms with Crippen molar-refractivity contribution in [2.24, 2.45) is 0 Å². The van der Waals surface area contributed by atoms with Gasteiger partial charge in [0.1, 0.15) is 5.60 Å². The summed E-state index contributed by atoms with van der Waals surface area (Å²) < 4.78 is 6.13. The molecule has 0 unspecified atom stereocenters. The Kier molecular flexibility index (Phi) is 3.54. The molecule has 1 aromatic heterocycles. The van der Waals surface area contributed by atoms with E-state index in [9.17, 15) is 0 Å². The van der Waals surface area contributed by atoms with Gasteiger partial charge in [-0.15, -0.1) is 0 Å². The summed E-state index contributed by atoms with van der Waals surface area (Å²) in [7, 11) is 0. The van der Waals surface area contributed by atoms with Gasteiger partial charge in [-0.1, -0.05) is 19.3 Å². The highest BCUT2D eigenvalue weighted by Gasteiger charge is 2.38. The molecule has 0 saturated heterocycles. The van der Waals surface area contributed by atoms with Crippen LogP contribution in [0.5, 0.6) is 0 Å². The van der Waals surface area contributed by atoms with Crippen LogP contribution in [0.2, 0.25) is 0 Å². The number of hydrogen-bond acceptors (Lipinski definition) is 4. The van der Waals surface area contributed by atoms with E-state index < -0.39 is 0 Å². The summed E-state index contributed by atoms with van der Waals surface area (Å²) in [6.07, 6.45) is 5.87. The minimum atomic E-state index is -0.227. The van der Waals surface area contributed by atoms with Crippen molar-refractivity contribution in [2.75, 3.05) is 6.61 Å². The molecule has 0 radical (unpaired) electrons. The average molecular weight is 261 g/mol. The molecule has 2 aliphatic rings. The van der Waals surface area contributed by atoms with Gasteiger partial charge in [0.15, 0.2) is 5.82 Å². The maximum atomic E-state index is 6.13. The summed E-state index contributed by atoms with van der Waals surface area (Å²) in [6, 6.07) is 0. The molecule has 1 N–H and O–H groups in total. The quantitative estimate of drug-likeness (QED) is 0.908. The van der Waals surface area contributed by atoms with E-state index in [1.807, 2.05) is 0 Å². The second-order valence-electron chi connectivity index (χ2n) is 5.65. The zero-order valence-corrected chi connectivity index (χ0v) is 12.0. The number of fused-ring (bicyclic) bond motifs is 1. The lowest BCUT2D eigenvalue weighted by Gasteiger charge is -2.35.